The van der Waals surface area contributed by atoms with Crippen LogP contribution in [0.1, 0.15) is 24.6 Å². The Morgan fingerprint density at radius 2 is 2.10 bits per heavy atom. The Balaban J connectivity index is 1.80. The van der Waals surface area contributed by atoms with Gasteiger partial charge < -0.3 is 0 Å². The second-order valence-electron chi connectivity index (χ2n) is 5.34. The molecule has 2 aliphatic heterocycles. The van der Waals surface area contributed by atoms with Crippen LogP contribution >= 0.6 is 11.3 Å². The van der Waals surface area contributed by atoms with Gasteiger partial charge >= 0.3 is 0 Å². The van der Waals surface area contributed by atoms with Crippen molar-refractivity contribution in [2.45, 2.75) is 25.0 Å². The van der Waals surface area contributed by atoms with E-state index in [0.717, 1.165) is 24.9 Å². The molecule has 108 valence electrons. The molecule has 4 nitrogen and oxygen atoms in total. The summed E-state index contributed by atoms with van der Waals surface area (Å²) >= 11 is 1.46. The lowest BCUT2D eigenvalue weighted by atomic mass is 10.1. The van der Waals surface area contributed by atoms with Gasteiger partial charge in [0, 0.05) is 18.1 Å². The molecule has 4 rings (SSSR count). The van der Waals surface area contributed by atoms with Crippen LogP contribution in [0.4, 0.5) is 9.52 Å². The first-order valence-corrected chi connectivity index (χ1v) is 7.87. The van der Waals surface area contributed by atoms with Crippen molar-refractivity contribution < 1.29 is 9.18 Å². The van der Waals surface area contributed by atoms with E-state index in [-0.39, 0.29) is 23.9 Å². The van der Waals surface area contributed by atoms with Gasteiger partial charge in [0.1, 0.15) is 12.0 Å². The highest BCUT2D eigenvalue weighted by molar-refractivity contribution is 7.13. The van der Waals surface area contributed by atoms with Crippen LogP contribution in [-0.4, -0.2) is 28.4 Å². The lowest BCUT2D eigenvalue weighted by molar-refractivity contribution is -0.119. The highest BCUT2D eigenvalue weighted by Gasteiger charge is 2.50. The van der Waals surface area contributed by atoms with Gasteiger partial charge in [0.05, 0.1) is 6.04 Å². The fourth-order valence-electron chi connectivity index (χ4n) is 3.29. The molecule has 21 heavy (non-hydrogen) atoms. The number of amides is 1. The van der Waals surface area contributed by atoms with E-state index in [4.69, 9.17) is 0 Å². The highest BCUT2D eigenvalue weighted by Crippen LogP contribution is 2.42. The number of halogens is 1. The topological polar surface area (TPSA) is 36.4 Å². The Labute approximate surface area is 125 Å². The van der Waals surface area contributed by atoms with E-state index < -0.39 is 0 Å². The van der Waals surface area contributed by atoms with Crippen molar-refractivity contribution in [2.24, 2.45) is 0 Å². The Bertz CT molecular complexity index is 658. The van der Waals surface area contributed by atoms with Gasteiger partial charge in [-0.2, -0.15) is 0 Å². The van der Waals surface area contributed by atoms with Crippen molar-refractivity contribution in [1.82, 2.24) is 9.88 Å². The number of carbonyl (C=O) groups is 1. The molecule has 3 heterocycles. The zero-order valence-electron chi connectivity index (χ0n) is 11.3. The first kappa shape index (κ1) is 12.9. The number of thiazole rings is 1. The van der Waals surface area contributed by atoms with Crippen molar-refractivity contribution in [3.05, 3.63) is 47.2 Å². The fourth-order valence-corrected chi connectivity index (χ4v) is 3.95. The zero-order chi connectivity index (χ0) is 14.4. The quantitative estimate of drug-likeness (QED) is 0.856. The van der Waals surface area contributed by atoms with Crippen LogP contribution in [-0.2, 0) is 4.79 Å². The van der Waals surface area contributed by atoms with Crippen LogP contribution in [0.5, 0.6) is 0 Å². The molecule has 0 spiro atoms. The van der Waals surface area contributed by atoms with Gasteiger partial charge in [0.15, 0.2) is 5.13 Å². The SMILES string of the molecule is O=C1[C@@H]2CCCN2[C@@H](c2ccc(F)cc2)N1c1nccs1. The summed E-state index contributed by atoms with van der Waals surface area (Å²) in [4.78, 5) is 21.0. The third-order valence-corrected chi connectivity index (χ3v) is 4.94. The Kier molecular flexibility index (Phi) is 3.01. The minimum absolute atomic E-state index is 0.0658. The van der Waals surface area contributed by atoms with Crippen LogP contribution in [0.15, 0.2) is 35.8 Å². The number of carbonyl (C=O) groups excluding carboxylic acids is 1. The van der Waals surface area contributed by atoms with Crippen LogP contribution < -0.4 is 4.90 Å². The van der Waals surface area contributed by atoms with Gasteiger partial charge in [-0.3, -0.25) is 14.6 Å². The predicted molar refractivity (Wildman–Crippen MR) is 78.5 cm³/mol. The molecule has 2 aliphatic rings. The van der Waals surface area contributed by atoms with E-state index in [1.165, 1.54) is 23.5 Å². The summed E-state index contributed by atoms with van der Waals surface area (Å²) in [6, 6.07) is 6.35. The Morgan fingerprint density at radius 3 is 2.81 bits per heavy atom. The normalized spacial score (nSPS) is 25.6. The van der Waals surface area contributed by atoms with Crippen molar-refractivity contribution in [2.75, 3.05) is 11.4 Å². The summed E-state index contributed by atoms with van der Waals surface area (Å²) in [5.41, 5.74) is 0.935. The van der Waals surface area contributed by atoms with E-state index in [2.05, 4.69) is 9.88 Å². The number of fused-ring (bicyclic) bond motifs is 1. The Morgan fingerprint density at radius 1 is 1.29 bits per heavy atom. The molecule has 2 atom stereocenters. The maximum Gasteiger partial charge on any atom is 0.247 e. The minimum Gasteiger partial charge on any atom is -0.273 e. The van der Waals surface area contributed by atoms with Crippen molar-refractivity contribution in [3.63, 3.8) is 0 Å². The highest BCUT2D eigenvalue weighted by atomic mass is 32.1. The Hall–Kier alpha value is -1.79. The van der Waals surface area contributed by atoms with Gasteiger partial charge in [-0.25, -0.2) is 9.37 Å². The largest absolute Gasteiger partial charge is 0.273 e. The average molecular weight is 303 g/mol. The summed E-state index contributed by atoms with van der Waals surface area (Å²) in [5, 5.41) is 2.58. The van der Waals surface area contributed by atoms with Crippen LogP contribution in [0, 0.1) is 5.82 Å². The smallest absolute Gasteiger partial charge is 0.247 e. The van der Waals surface area contributed by atoms with Crippen LogP contribution in [0.25, 0.3) is 0 Å². The van der Waals surface area contributed by atoms with Crippen molar-refractivity contribution >= 4 is 22.4 Å². The molecular weight excluding hydrogens is 289 g/mol. The molecule has 0 N–H and O–H groups in total. The number of hydrogen-bond donors (Lipinski definition) is 0. The summed E-state index contributed by atoms with van der Waals surface area (Å²) in [5.74, 6) is -0.154. The molecule has 0 radical (unpaired) electrons. The standard InChI is InChI=1S/C15H14FN3OS/c16-11-5-3-10(4-6-11)13-18-8-1-2-12(18)14(20)19(13)15-17-7-9-21-15/h3-7,9,12-13H,1-2,8H2/t12-,13+/m0/s1. The van der Waals surface area contributed by atoms with Gasteiger partial charge in [0.2, 0.25) is 5.91 Å². The van der Waals surface area contributed by atoms with Crippen molar-refractivity contribution in [3.8, 4) is 0 Å². The summed E-state index contributed by atoms with van der Waals surface area (Å²) in [6.07, 6.45) is 3.45. The summed E-state index contributed by atoms with van der Waals surface area (Å²) < 4.78 is 13.2. The molecule has 1 aromatic heterocycles. The molecule has 1 aromatic carbocycles. The number of hydrogen-bond acceptors (Lipinski definition) is 4. The molecule has 6 heteroatoms. The minimum atomic E-state index is -0.262. The average Bonchev–Trinajstić information content (AvgIpc) is 3.19. The van der Waals surface area contributed by atoms with Crippen LogP contribution in [0.3, 0.4) is 0 Å². The third kappa shape index (κ3) is 1.98. The molecule has 2 fully saturated rings. The molecule has 0 aliphatic carbocycles. The number of benzene rings is 1. The number of aromatic nitrogens is 1. The van der Waals surface area contributed by atoms with E-state index in [0.29, 0.717) is 5.13 Å². The summed E-state index contributed by atoms with van der Waals surface area (Å²) in [7, 11) is 0. The summed E-state index contributed by atoms with van der Waals surface area (Å²) in [6.45, 7) is 0.889. The number of rotatable bonds is 2. The molecule has 0 saturated carbocycles. The lowest BCUT2D eigenvalue weighted by Crippen LogP contribution is -2.32. The second-order valence-corrected chi connectivity index (χ2v) is 6.22. The van der Waals surface area contributed by atoms with E-state index in [1.54, 1.807) is 23.2 Å². The monoisotopic (exact) mass is 303 g/mol. The molecular formula is C15H14FN3OS. The fraction of sp³-hybridized carbons (Fsp3) is 0.333. The van der Waals surface area contributed by atoms with E-state index in [9.17, 15) is 9.18 Å². The second kappa shape index (κ2) is 4.89. The molecule has 0 unspecified atom stereocenters. The molecule has 1 amide bonds. The maximum atomic E-state index is 13.2. The number of anilines is 1. The molecule has 0 bridgehead atoms. The molecule has 2 saturated heterocycles. The first-order chi connectivity index (χ1) is 10.3. The van der Waals surface area contributed by atoms with Crippen LogP contribution in [0.2, 0.25) is 0 Å². The molecule has 2 aromatic rings. The van der Waals surface area contributed by atoms with Gasteiger partial charge in [-0.1, -0.05) is 12.1 Å². The lowest BCUT2D eigenvalue weighted by Gasteiger charge is -2.27. The zero-order valence-corrected chi connectivity index (χ0v) is 12.1. The van der Waals surface area contributed by atoms with Gasteiger partial charge in [-0.15, -0.1) is 11.3 Å². The number of nitrogens with zero attached hydrogens (tertiary/aromatic N) is 3. The maximum absolute atomic E-state index is 13.2. The van der Waals surface area contributed by atoms with Gasteiger partial charge in [-0.05, 0) is 30.5 Å². The predicted octanol–water partition coefficient (Wildman–Crippen LogP) is 2.79. The van der Waals surface area contributed by atoms with Gasteiger partial charge in [0.25, 0.3) is 0 Å². The van der Waals surface area contributed by atoms with E-state index in [1.807, 2.05) is 5.38 Å². The van der Waals surface area contributed by atoms with Crippen molar-refractivity contribution in [1.29, 1.82) is 0 Å². The first-order valence-electron chi connectivity index (χ1n) is 6.99. The third-order valence-electron chi connectivity index (χ3n) is 4.17. The van der Waals surface area contributed by atoms with E-state index >= 15 is 0 Å².